The fraction of sp³-hybridized carbons (Fsp3) is 0.174. The highest BCUT2D eigenvalue weighted by atomic mass is 16.1. The Bertz CT molecular complexity index is 837. The maximum Gasteiger partial charge on any atom is 0.255 e. The Morgan fingerprint density at radius 3 is 2.12 bits per heavy atom. The summed E-state index contributed by atoms with van der Waals surface area (Å²) in [4.78, 5) is 12.6. The molecule has 0 saturated heterocycles. The van der Waals surface area contributed by atoms with E-state index >= 15 is 0 Å². The Labute approximate surface area is 149 Å². The molecule has 3 aromatic rings. The average Bonchev–Trinajstić information content (AvgIpc) is 2.68. The predicted molar refractivity (Wildman–Crippen MR) is 105 cm³/mol. The summed E-state index contributed by atoms with van der Waals surface area (Å²) in [5.41, 5.74) is 5.00. The van der Waals surface area contributed by atoms with Crippen LogP contribution in [0.4, 0.5) is 5.69 Å². The number of anilines is 1. The molecule has 0 bridgehead atoms. The topological polar surface area (TPSA) is 29.1 Å². The number of nitrogens with one attached hydrogen (secondary N) is 1. The zero-order valence-electron chi connectivity index (χ0n) is 14.7. The Kier molecular flexibility index (Phi) is 5.30. The summed E-state index contributed by atoms with van der Waals surface area (Å²) >= 11 is 0. The maximum atomic E-state index is 12.6. The highest BCUT2D eigenvalue weighted by Crippen LogP contribution is 2.27. The highest BCUT2D eigenvalue weighted by molar-refractivity contribution is 6.04. The lowest BCUT2D eigenvalue weighted by Gasteiger charge is -2.15. The molecule has 1 unspecified atom stereocenters. The van der Waals surface area contributed by atoms with E-state index in [0.29, 0.717) is 11.5 Å². The van der Waals surface area contributed by atoms with Gasteiger partial charge in [-0.05, 0) is 47.2 Å². The van der Waals surface area contributed by atoms with Gasteiger partial charge in [0, 0.05) is 11.3 Å². The molecular formula is C23H23NO. The van der Waals surface area contributed by atoms with Gasteiger partial charge in [-0.1, -0.05) is 74.5 Å². The third kappa shape index (κ3) is 3.97. The normalized spacial score (nSPS) is 11.8. The second-order valence-corrected chi connectivity index (χ2v) is 6.29. The van der Waals surface area contributed by atoms with E-state index in [-0.39, 0.29) is 5.91 Å². The molecule has 0 fully saturated rings. The van der Waals surface area contributed by atoms with Crippen molar-refractivity contribution in [3.63, 3.8) is 0 Å². The van der Waals surface area contributed by atoms with Gasteiger partial charge < -0.3 is 5.32 Å². The van der Waals surface area contributed by atoms with Gasteiger partial charge in [0.25, 0.3) is 5.91 Å². The van der Waals surface area contributed by atoms with Gasteiger partial charge in [0.05, 0.1) is 0 Å². The SMILES string of the molecule is CCC(C)c1ccccc1NC(=O)c1ccc(-c2ccccc2)cc1. The molecule has 25 heavy (non-hydrogen) atoms. The number of benzene rings is 3. The van der Waals surface area contributed by atoms with Gasteiger partial charge >= 0.3 is 0 Å². The van der Waals surface area contributed by atoms with Crippen LogP contribution in [0.3, 0.4) is 0 Å². The molecule has 3 aromatic carbocycles. The number of carbonyl (C=O) groups is 1. The lowest BCUT2D eigenvalue weighted by atomic mass is 9.96. The van der Waals surface area contributed by atoms with Crippen LogP contribution in [-0.4, -0.2) is 5.91 Å². The van der Waals surface area contributed by atoms with Crippen LogP contribution in [0.2, 0.25) is 0 Å². The summed E-state index contributed by atoms with van der Waals surface area (Å²) in [5, 5.41) is 3.06. The second kappa shape index (κ2) is 7.80. The minimum absolute atomic E-state index is 0.0737. The number of carbonyl (C=O) groups excluding carboxylic acids is 1. The van der Waals surface area contributed by atoms with Gasteiger partial charge in [0.2, 0.25) is 0 Å². The van der Waals surface area contributed by atoms with Crippen molar-refractivity contribution >= 4 is 11.6 Å². The number of para-hydroxylation sites is 1. The van der Waals surface area contributed by atoms with Gasteiger partial charge in [-0.3, -0.25) is 4.79 Å². The van der Waals surface area contributed by atoms with Crippen LogP contribution in [0.5, 0.6) is 0 Å². The van der Waals surface area contributed by atoms with Crippen LogP contribution in [0.15, 0.2) is 78.9 Å². The molecule has 1 atom stereocenters. The van der Waals surface area contributed by atoms with Crippen molar-refractivity contribution in [3.8, 4) is 11.1 Å². The van der Waals surface area contributed by atoms with Crippen molar-refractivity contribution in [1.82, 2.24) is 0 Å². The molecule has 2 nitrogen and oxygen atoms in total. The molecule has 0 aromatic heterocycles. The predicted octanol–water partition coefficient (Wildman–Crippen LogP) is 6.12. The first-order valence-electron chi connectivity index (χ1n) is 8.74. The molecule has 0 radical (unpaired) electrons. The lowest BCUT2D eigenvalue weighted by molar-refractivity contribution is 0.102. The van der Waals surface area contributed by atoms with Crippen LogP contribution in [-0.2, 0) is 0 Å². The van der Waals surface area contributed by atoms with Crippen LogP contribution >= 0.6 is 0 Å². The van der Waals surface area contributed by atoms with E-state index in [0.717, 1.165) is 23.2 Å². The Hall–Kier alpha value is -2.87. The van der Waals surface area contributed by atoms with E-state index < -0.39 is 0 Å². The minimum atomic E-state index is -0.0737. The summed E-state index contributed by atoms with van der Waals surface area (Å²) in [5.74, 6) is 0.340. The van der Waals surface area contributed by atoms with E-state index in [1.54, 1.807) is 0 Å². The average molecular weight is 329 g/mol. The lowest BCUT2D eigenvalue weighted by Crippen LogP contribution is -2.13. The molecular weight excluding hydrogens is 306 g/mol. The van der Waals surface area contributed by atoms with E-state index in [4.69, 9.17) is 0 Å². The van der Waals surface area contributed by atoms with E-state index in [9.17, 15) is 4.79 Å². The quantitative estimate of drug-likeness (QED) is 0.600. The molecule has 1 amide bonds. The van der Waals surface area contributed by atoms with Gasteiger partial charge in [0.15, 0.2) is 0 Å². The van der Waals surface area contributed by atoms with Gasteiger partial charge in [-0.15, -0.1) is 0 Å². The molecule has 0 aliphatic rings. The van der Waals surface area contributed by atoms with Gasteiger partial charge in [-0.25, -0.2) is 0 Å². The number of rotatable bonds is 5. The van der Waals surface area contributed by atoms with Crippen molar-refractivity contribution in [2.24, 2.45) is 0 Å². The zero-order valence-corrected chi connectivity index (χ0v) is 14.7. The summed E-state index contributed by atoms with van der Waals surface area (Å²) in [6.07, 6.45) is 1.04. The standard InChI is InChI=1S/C23H23NO/c1-3-17(2)21-11-7-8-12-22(21)24-23(25)20-15-13-19(14-16-20)18-9-5-4-6-10-18/h4-17H,3H2,1-2H3,(H,24,25). The van der Waals surface area contributed by atoms with E-state index in [1.807, 2.05) is 60.7 Å². The summed E-state index contributed by atoms with van der Waals surface area (Å²) in [7, 11) is 0. The van der Waals surface area contributed by atoms with Crippen molar-refractivity contribution in [3.05, 3.63) is 90.0 Å². The third-order valence-corrected chi connectivity index (χ3v) is 4.61. The first kappa shape index (κ1) is 17.0. The third-order valence-electron chi connectivity index (χ3n) is 4.61. The molecule has 0 heterocycles. The van der Waals surface area contributed by atoms with E-state index in [1.165, 1.54) is 5.56 Å². The summed E-state index contributed by atoms with van der Waals surface area (Å²) in [6.45, 7) is 4.34. The second-order valence-electron chi connectivity index (χ2n) is 6.29. The molecule has 0 spiro atoms. The largest absolute Gasteiger partial charge is 0.322 e. The summed E-state index contributed by atoms with van der Waals surface area (Å²) in [6, 6.07) is 25.9. The van der Waals surface area contributed by atoms with E-state index in [2.05, 4.69) is 37.4 Å². The molecule has 2 heteroatoms. The first-order valence-corrected chi connectivity index (χ1v) is 8.74. The van der Waals surface area contributed by atoms with Crippen LogP contribution in [0.25, 0.3) is 11.1 Å². The number of hydrogen-bond acceptors (Lipinski definition) is 1. The number of hydrogen-bond donors (Lipinski definition) is 1. The van der Waals surface area contributed by atoms with Crippen LogP contribution in [0, 0.1) is 0 Å². The number of amides is 1. The zero-order chi connectivity index (χ0) is 17.6. The molecule has 126 valence electrons. The maximum absolute atomic E-state index is 12.6. The van der Waals surface area contributed by atoms with Crippen molar-refractivity contribution in [2.75, 3.05) is 5.32 Å². The Morgan fingerprint density at radius 1 is 0.840 bits per heavy atom. The molecule has 3 rings (SSSR count). The molecule has 0 aliphatic heterocycles. The Morgan fingerprint density at radius 2 is 1.44 bits per heavy atom. The first-order chi connectivity index (χ1) is 12.2. The molecule has 1 N–H and O–H groups in total. The van der Waals surface area contributed by atoms with Gasteiger partial charge in [0.1, 0.15) is 0 Å². The minimum Gasteiger partial charge on any atom is -0.322 e. The van der Waals surface area contributed by atoms with Crippen LogP contribution in [0.1, 0.15) is 42.1 Å². The fourth-order valence-electron chi connectivity index (χ4n) is 2.90. The monoisotopic (exact) mass is 329 g/mol. The summed E-state index contributed by atoms with van der Waals surface area (Å²) < 4.78 is 0. The Balaban J connectivity index is 1.78. The van der Waals surface area contributed by atoms with Crippen molar-refractivity contribution in [1.29, 1.82) is 0 Å². The van der Waals surface area contributed by atoms with Crippen LogP contribution < -0.4 is 5.32 Å². The molecule has 0 saturated carbocycles. The fourth-order valence-corrected chi connectivity index (χ4v) is 2.90. The van der Waals surface area contributed by atoms with Crippen molar-refractivity contribution in [2.45, 2.75) is 26.2 Å². The van der Waals surface area contributed by atoms with Crippen molar-refractivity contribution < 1.29 is 4.79 Å². The van der Waals surface area contributed by atoms with Gasteiger partial charge in [-0.2, -0.15) is 0 Å². The highest BCUT2D eigenvalue weighted by Gasteiger charge is 2.12. The molecule has 0 aliphatic carbocycles. The smallest absolute Gasteiger partial charge is 0.255 e.